The van der Waals surface area contributed by atoms with Gasteiger partial charge in [0.05, 0.1) is 25.3 Å². The highest BCUT2D eigenvalue weighted by molar-refractivity contribution is 5.85. The van der Waals surface area contributed by atoms with E-state index in [9.17, 15) is 9.59 Å². The standard InChI is InChI=1S/C28H28N6O4/c1-2-37-27(35)25-30-24-15-13-22(34(24)32-25)20-11-7-6-8-18(20)16-17-38-28(36)26-29-23-14-12-21(33(23)31-26)19-9-4-3-5-10-19/h3-11,21-22H,2,12-17H2,1H3/t21-,22+/m1/s1. The number of carbonyl (C=O) groups excluding carboxylic acids is 2. The van der Waals surface area contributed by atoms with Gasteiger partial charge in [-0.15, -0.1) is 10.2 Å². The molecule has 4 aromatic rings. The molecule has 0 saturated carbocycles. The minimum Gasteiger partial charge on any atom is -0.460 e. The molecule has 0 N–H and O–H groups in total. The molecular weight excluding hydrogens is 484 g/mol. The first-order chi connectivity index (χ1) is 18.6. The van der Waals surface area contributed by atoms with Gasteiger partial charge in [-0.25, -0.2) is 28.9 Å². The van der Waals surface area contributed by atoms with Gasteiger partial charge in [-0.3, -0.25) is 0 Å². The van der Waals surface area contributed by atoms with Crippen LogP contribution in [0.2, 0.25) is 0 Å². The van der Waals surface area contributed by atoms with Crippen LogP contribution in [0, 0.1) is 0 Å². The molecule has 6 rings (SSSR count). The number of ether oxygens (including phenoxy) is 2. The summed E-state index contributed by atoms with van der Waals surface area (Å²) in [5.41, 5.74) is 3.28. The first-order valence-electron chi connectivity index (χ1n) is 13.0. The summed E-state index contributed by atoms with van der Waals surface area (Å²) in [6.07, 6.45) is 3.79. The number of rotatable bonds is 8. The van der Waals surface area contributed by atoms with Gasteiger partial charge in [0.1, 0.15) is 11.6 Å². The lowest BCUT2D eigenvalue weighted by atomic mass is 9.97. The molecule has 0 fully saturated rings. The molecule has 0 spiro atoms. The van der Waals surface area contributed by atoms with Crippen LogP contribution in [0.25, 0.3) is 0 Å². The fourth-order valence-corrected chi connectivity index (χ4v) is 5.37. The zero-order valence-electron chi connectivity index (χ0n) is 21.1. The first kappa shape index (κ1) is 24.0. The van der Waals surface area contributed by atoms with E-state index in [2.05, 4.69) is 32.3 Å². The number of benzene rings is 2. The third kappa shape index (κ3) is 4.46. The second-order valence-electron chi connectivity index (χ2n) is 9.42. The molecule has 194 valence electrons. The molecule has 0 unspecified atom stereocenters. The number of hydrogen-bond donors (Lipinski definition) is 0. The zero-order chi connectivity index (χ0) is 26.1. The molecule has 38 heavy (non-hydrogen) atoms. The van der Waals surface area contributed by atoms with Gasteiger partial charge in [0.25, 0.3) is 11.6 Å². The third-order valence-corrected chi connectivity index (χ3v) is 7.12. The van der Waals surface area contributed by atoms with Crippen molar-refractivity contribution >= 4 is 11.9 Å². The average molecular weight is 513 g/mol. The zero-order valence-corrected chi connectivity index (χ0v) is 21.1. The summed E-state index contributed by atoms with van der Waals surface area (Å²) in [7, 11) is 0. The van der Waals surface area contributed by atoms with Crippen LogP contribution in [0.5, 0.6) is 0 Å². The van der Waals surface area contributed by atoms with E-state index in [1.54, 1.807) is 6.92 Å². The molecule has 0 aliphatic carbocycles. The molecule has 0 saturated heterocycles. The second-order valence-corrected chi connectivity index (χ2v) is 9.42. The largest absolute Gasteiger partial charge is 0.460 e. The van der Waals surface area contributed by atoms with E-state index in [1.165, 1.54) is 0 Å². The van der Waals surface area contributed by atoms with Crippen LogP contribution in [0.4, 0.5) is 0 Å². The van der Waals surface area contributed by atoms with Gasteiger partial charge in [0, 0.05) is 19.3 Å². The smallest absolute Gasteiger partial charge is 0.378 e. The second kappa shape index (κ2) is 10.2. The quantitative estimate of drug-likeness (QED) is 0.330. The number of carbonyl (C=O) groups is 2. The van der Waals surface area contributed by atoms with Crippen molar-refractivity contribution in [3.63, 3.8) is 0 Å². The Morgan fingerprint density at radius 2 is 1.42 bits per heavy atom. The fraction of sp³-hybridized carbons (Fsp3) is 0.357. The summed E-state index contributed by atoms with van der Waals surface area (Å²) < 4.78 is 14.3. The maximum absolute atomic E-state index is 12.8. The summed E-state index contributed by atoms with van der Waals surface area (Å²) in [6, 6.07) is 18.2. The van der Waals surface area contributed by atoms with E-state index in [1.807, 2.05) is 51.8 Å². The molecule has 2 aliphatic rings. The molecule has 2 atom stereocenters. The normalized spacial score (nSPS) is 17.7. The molecule has 2 aromatic carbocycles. The van der Waals surface area contributed by atoms with Gasteiger partial charge in [-0.2, -0.15) is 0 Å². The average Bonchev–Trinajstić information content (AvgIpc) is 3.70. The van der Waals surface area contributed by atoms with E-state index < -0.39 is 11.9 Å². The molecule has 10 nitrogen and oxygen atoms in total. The monoisotopic (exact) mass is 512 g/mol. The number of esters is 2. The van der Waals surface area contributed by atoms with E-state index in [0.29, 0.717) is 6.42 Å². The van der Waals surface area contributed by atoms with Crippen molar-refractivity contribution in [3.05, 3.63) is 94.6 Å². The molecule has 10 heteroatoms. The molecular formula is C28H28N6O4. The minimum absolute atomic E-state index is 0.0414. The molecule has 0 radical (unpaired) electrons. The number of fused-ring (bicyclic) bond motifs is 2. The van der Waals surface area contributed by atoms with Crippen molar-refractivity contribution in [2.45, 2.75) is 51.1 Å². The number of aromatic nitrogens is 6. The molecule has 2 aliphatic heterocycles. The van der Waals surface area contributed by atoms with Gasteiger partial charge >= 0.3 is 11.9 Å². The topological polar surface area (TPSA) is 114 Å². The maximum atomic E-state index is 12.8. The highest BCUT2D eigenvalue weighted by Gasteiger charge is 2.31. The van der Waals surface area contributed by atoms with Crippen molar-refractivity contribution in [2.24, 2.45) is 0 Å². The van der Waals surface area contributed by atoms with Crippen LogP contribution in [-0.2, 0) is 28.7 Å². The van der Waals surface area contributed by atoms with Crippen molar-refractivity contribution in [2.75, 3.05) is 13.2 Å². The van der Waals surface area contributed by atoms with E-state index >= 15 is 0 Å². The Bertz CT molecular complexity index is 1480. The Balaban J connectivity index is 1.12. The van der Waals surface area contributed by atoms with E-state index in [-0.39, 0.29) is 36.9 Å². The molecule has 0 bridgehead atoms. The Hall–Kier alpha value is -4.34. The predicted molar refractivity (Wildman–Crippen MR) is 136 cm³/mol. The Morgan fingerprint density at radius 1 is 0.816 bits per heavy atom. The lowest BCUT2D eigenvalue weighted by molar-refractivity contribution is 0.0490. The maximum Gasteiger partial charge on any atom is 0.378 e. The number of hydrogen-bond acceptors (Lipinski definition) is 8. The SMILES string of the molecule is CCOC(=O)c1nc2n(n1)[C@H](c1ccccc1CCOC(=O)c1nc3n(n1)[C@@H](c1ccccc1)CC3)CC2. The summed E-state index contributed by atoms with van der Waals surface area (Å²) in [4.78, 5) is 33.7. The van der Waals surface area contributed by atoms with Crippen molar-refractivity contribution < 1.29 is 19.1 Å². The highest BCUT2D eigenvalue weighted by atomic mass is 16.5. The predicted octanol–water partition coefficient (Wildman–Crippen LogP) is 3.52. The van der Waals surface area contributed by atoms with Crippen molar-refractivity contribution in [1.82, 2.24) is 29.5 Å². The summed E-state index contributed by atoms with van der Waals surface area (Å²) in [5, 5.41) is 8.92. The Kier molecular flexibility index (Phi) is 6.45. The van der Waals surface area contributed by atoms with E-state index in [4.69, 9.17) is 9.47 Å². The van der Waals surface area contributed by atoms with Crippen LogP contribution in [-0.4, -0.2) is 54.7 Å². The van der Waals surface area contributed by atoms with Crippen LogP contribution >= 0.6 is 0 Å². The summed E-state index contributed by atoms with van der Waals surface area (Å²) >= 11 is 0. The van der Waals surface area contributed by atoms with Crippen LogP contribution in [0.1, 0.15) is 81.4 Å². The van der Waals surface area contributed by atoms with Crippen molar-refractivity contribution in [3.8, 4) is 0 Å². The van der Waals surface area contributed by atoms with Gasteiger partial charge in [0.2, 0.25) is 0 Å². The first-order valence-corrected chi connectivity index (χ1v) is 13.0. The Labute approximate surface area is 219 Å². The lowest BCUT2D eigenvalue weighted by Crippen LogP contribution is -2.15. The number of aryl methyl sites for hydroxylation is 2. The van der Waals surface area contributed by atoms with Gasteiger partial charge in [-0.05, 0) is 36.5 Å². The fourth-order valence-electron chi connectivity index (χ4n) is 5.37. The van der Waals surface area contributed by atoms with Crippen LogP contribution in [0.15, 0.2) is 54.6 Å². The van der Waals surface area contributed by atoms with Crippen molar-refractivity contribution in [1.29, 1.82) is 0 Å². The Morgan fingerprint density at radius 3 is 2.13 bits per heavy atom. The summed E-state index contributed by atoms with van der Waals surface area (Å²) in [6.45, 7) is 2.23. The van der Waals surface area contributed by atoms with Crippen LogP contribution < -0.4 is 0 Å². The number of nitrogens with zero attached hydrogens (tertiary/aromatic N) is 6. The third-order valence-electron chi connectivity index (χ3n) is 7.12. The molecule has 4 heterocycles. The minimum atomic E-state index is -0.519. The van der Waals surface area contributed by atoms with E-state index in [0.717, 1.165) is 54.0 Å². The molecule has 2 aromatic heterocycles. The van der Waals surface area contributed by atoms with Gasteiger partial charge in [-0.1, -0.05) is 54.6 Å². The van der Waals surface area contributed by atoms with Crippen LogP contribution in [0.3, 0.4) is 0 Å². The van der Waals surface area contributed by atoms with Gasteiger partial charge in [0.15, 0.2) is 0 Å². The lowest BCUT2D eigenvalue weighted by Gasteiger charge is -2.16. The van der Waals surface area contributed by atoms with Gasteiger partial charge < -0.3 is 9.47 Å². The summed E-state index contributed by atoms with van der Waals surface area (Å²) in [5.74, 6) is 0.739. The highest BCUT2D eigenvalue weighted by Crippen LogP contribution is 2.33. The molecule has 0 amide bonds.